The van der Waals surface area contributed by atoms with Crippen LogP contribution in [0.4, 0.5) is 0 Å². The molecule has 0 radical (unpaired) electrons. The zero-order valence-corrected chi connectivity index (χ0v) is 10.0. The van der Waals surface area contributed by atoms with Crippen LogP contribution in [0.1, 0.15) is 12.8 Å². The molecule has 0 aromatic rings. The Morgan fingerprint density at radius 3 is 2.69 bits per heavy atom. The Morgan fingerprint density at radius 2 is 2.12 bits per heavy atom. The van der Waals surface area contributed by atoms with Crippen LogP contribution in [0.25, 0.3) is 0 Å². The van der Waals surface area contributed by atoms with Gasteiger partial charge in [0.15, 0.2) is 0 Å². The molecule has 4 aliphatic rings. The number of alkyl halides is 1. The van der Waals surface area contributed by atoms with Gasteiger partial charge in [-0.3, -0.25) is 9.59 Å². The Kier molecular flexibility index (Phi) is 1.46. The minimum Gasteiger partial charge on any atom is -0.481 e. The van der Waals surface area contributed by atoms with Crippen LogP contribution in [-0.2, 0) is 14.3 Å². The lowest BCUT2D eigenvalue weighted by atomic mass is 9.80. The average Bonchev–Trinajstić information content (AvgIpc) is 2.80. The highest BCUT2D eigenvalue weighted by molar-refractivity contribution is 9.09. The number of rotatable bonds is 1. The summed E-state index contributed by atoms with van der Waals surface area (Å²) in [5.74, 6) is -1.75. The van der Waals surface area contributed by atoms with Gasteiger partial charge in [0.05, 0.1) is 16.7 Å². The van der Waals surface area contributed by atoms with Crippen molar-refractivity contribution >= 4 is 27.9 Å². The molecule has 1 N–H and O–H groups in total. The zero-order chi connectivity index (χ0) is 11.2. The number of halogens is 1. The number of ether oxygens (including phenoxy) is 1. The lowest BCUT2D eigenvalue weighted by molar-refractivity contribution is -0.151. The van der Waals surface area contributed by atoms with Crippen LogP contribution in [0.15, 0.2) is 0 Å². The Balaban J connectivity index is 1.89. The first kappa shape index (κ1) is 9.45. The van der Waals surface area contributed by atoms with Gasteiger partial charge in [0, 0.05) is 5.92 Å². The Labute approximate surface area is 100 Å². The van der Waals surface area contributed by atoms with E-state index < -0.39 is 11.9 Å². The van der Waals surface area contributed by atoms with Crippen LogP contribution in [0.5, 0.6) is 0 Å². The number of esters is 1. The van der Waals surface area contributed by atoms with E-state index >= 15 is 0 Å². The van der Waals surface area contributed by atoms with Crippen molar-refractivity contribution in [2.24, 2.45) is 29.1 Å². The van der Waals surface area contributed by atoms with Crippen molar-refractivity contribution in [3.05, 3.63) is 0 Å². The SMILES string of the molecule is O=C(O)C1C2C(=O)OC3C(Br)C1C1(CC1)C32. The zero-order valence-electron chi connectivity index (χ0n) is 8.43. The van der Waals surface area contributed by atoms with Gasteiger partial charge in [0.2, 0.25) is 0 Å². The molecule has 1 aliphatic heterocycles. The minimum atomic E-state index is -0.828. The quantitative estimate of drug-likeness (QED) is 0.578. The standard InChI is InChI=1S/C11H11BrO4/c12-7-5-3(9(13)14)4-6(11(5)1-2-11)8(7)16-10(4)15/h3-8H,1-2H2,(H,13,14). The van der Waals surface area contributed by atoms with Crippen molar-refractivity contribution < 1.29 is 19.4 Å². The number of hydrogen-bond acceptors (Lipinski definition) is 3. The molecule has 86 valence electrons. The molecule has 5 heteroatoms. The first-order valence-corrected chi connectivity index (χ1v) is 6.57. The van der Waals surface area contributed by atoms with Gasteiger partial charge in [-0.05, 0) is 24.2 Å². The van der Waals surface area contributed by atoms with E-state index in [1.165, 1.54) is 0 Å². The van der Waals surface area contributed by atoms with Crippen LogP contribution in [0.3, 0.4) is 0 Å². The van der Waals surface area contributed by atoms with E-state index in [9.17, 15) is 14.7 Å². The van der Waals surface area contributed by atoms with E-state index in [4.69, 9.17) is 4.74 Å². The maximum absolute atomic E-state index is 11.8. The molecular weight excluding hydrogens is 276 g/mol. The fourth-order valence-electron chi connectivity index (χ4n) is 4.60. The van der Waals surface area contributed by atoms with Gasteiger partial charge in [-0.15, -0.1) is 0 Å². The second-order valence-electron chi connectivity index (χ2n) is 5.52. The van der Waals surface area contributed by atoms with Crippen LogP contribution in [0.2, 0.25) is 0 Å². The number of carbonyl (C=O) groups is 2. The van der Waals surface area contributed by atoms with Crippen molar-refractivity contribution in [3.8, 4) is 0 Å². The molecule has 4 rings (SSSR count). The van der Waals surface area contributed by atoms with Gasteiger partial charge in [-0.2, -0.15) is 0 Å². The summed E-state index contributed by atoms with van der Waals surface area (Å²) < 4.78 is 5.36. The number of carbonyl (C=O) groups excluding carboxylic acids is 1. The summed E-state index contributed by atoms with van der Waals surface area (Å²) in [6.45, 7) is 0. The summed E-state index contributed by atoms with van der Waals surface area (Å²) in [6, 6.07) is 0. The summed E-state index contributed by atoms with van der Waals surface area (Å²) in [6.07, 6.45) is 2.07. The van der Waals surface area contributed by atoms with Crippen LogP contribution < -0.4 is 0 Å². The molecule has 1 saturated heterocycles. The van der Waals surface area contributed by atoms with Crippen LogP contribution in [-0.4, -0.2) is 28.0 Å². The Hall–Kier alpha value is -0.580. The second kappa shape index (κ2) is 2.47. The van der Waals surface area contributed by atoms with Crippen LogP contribution in [0, 0.1) is 29.1 Å². The normalized spacial score (nSPS) is 54.4. The maximum Gasteiger partial charge on any atom is 0.310 e. The van der Waals surface area contributed by atoms with Gasteiger partial charge >= 0.3 is 11.9 Å². The minimum absolute atomic E-state index is 0.0452. The average molecular weight is 287 g/mol. The van der Waals surface area contributed by atoms with E-state index in [0.29, 0.717) is 0 Å². The molecular formula is C11H11BrO4. The topological polar surface area (TPSA) is 63.6 Å². The van der Waals surface area contributed by atoms with Crippen molar-refractivity contribution in [2.45, 2.75) is 23.8 Å². The lowest BCUT2D eigenvalue weighted by Gasteiger charge is -2.25. The molecule has 4 fully saturated rings. The predicted octanol–water partition coefficient (Wildman–Crippen LogP) is 1.03. The van der Waals surface area contributed by atoms with Gasteiger partial charge in [-0.1, -0.05) is 15.9 Å². The smallest absolute Gasteiger partial charge is 0.310 e. The first-order valence-electron chi connectivity index (χ1n) is 5.65. The lowest BCUT2D eigenvalue weighted by Crippen LogP contribution is -2.37. The third-order valence-electron chi connectivity index (χ3n) is 5.14. The van der Waals surface area contributed by atoms with E-state index in [1.54, 1.807) is 0 Å². The number of aliphatic carboxylic acids is 1. The summed E-state index contributed by atoms with van der Waals surface area (Å²) in [4.78, 5) is 23.2. The number of carboxylic acid groups (broad SMARTS) is 1. The molecule has 16 heavy (non-hydrogen) atoms. The fourth-order valence-corrected chi connectivity index (χ4v) is 5.89. The number of hydrogen-bond donors (Lipinski definition) is 1. The largest absolute Gasteiger partial charge is 0.481 e. The van der Waals surface area contributed by atoms with Gasteiger partial charge in [-0.25, -0.2) is 0 Å². The van der Waals surface area contributed by atoms with Crippen molar-refractivity contribution in [2.75, 3.05) is 0 Å². The molecule has 3 saturated carbocycles. The molecule has 2 bridgehead atoms. The Bertz CT molecular complexity index is 416. The molecule has 0 aromatic heterocycles. The van der Waals surface area contributed by atoms with E-state index in [0.717, 1.165) is 12.8 Å². The monoisotopic (exact) mass is 286 g/mol. The van der Waals surface area contributed by atoms with E-state index in [2.05, 4.69) is 15.9 Å². The van der Waals surface area contributed by atoms with Gasteiger partial charge in [0.1, 0.15) is 6.10 Å². The molecule has 1 heterocycles. The molecule has 6 unspecified atom stereocenters. The Morgan fingerprint density at radius 1 is 1.44 bits per heavy atom. The van der Waals surface area contributed by atoms with Gasteiger partial charge in [0.25, 0.3) is 0 Å². The van der Waals surface area contributed by atoms with Crippen molar-refractivity contribution in [3.63, 3.8) is 0 Å². The summed E-state index contributed by atoms with van der Waals surface area (Å²) in [5.41, 5.74) is 0.110. The van der Waals surface area contributed by atoms with E-state index in [-0.39, 0.29) is 40.1 Å². The molecule has 1 spiro atoms. The van der Waals surface area contributed by atoms with Crippen molar-refractivity contribution in [1.82, 2.24) is 0 Å². The highest BCUT2D eigenvalue weighted by Gasteiger charge is 2.81. The van der Waals surface area contributed by atoms with Gasteiger partial charge < -0.3 is 9.84 Å². The molecule has 0 amide bonds. The maximum atomic E-state index is 11.8. The number of carboxylic acids is 1. The summed E-state index contributed by atoms with van der Waals surface area (Å²) >= 11 is 3.56. The third-order valence-corrected chi connectivity index (χ3v) is 6.23. The molecule has 0 aromatic carbocycles. The van der Waals surface area contributed by atoms with Crippen LogP contribution >= 0.6 is 15.9 Å². The third kappa shape index (κ3) is 0.753. The fraction of sp³-hybridized carbons (Fsp3) is 0.818. The molecule has 4 nitrogen and oxygen atoms in total. The van der Waals surface area contributed by atoms with E-state index in [1.807, 2.05) is 0 Å². The highest BCUT2D eigenvalue weighted by atomic mass is 79.9. The summed E-state index contributed by atoms with van der Waals surface area (Å²) in [7, 11) is 0. The highest BCUT2D eigenvalue weighted by Crippen LogP contribution is 2.77. The second-order valence-corrected chi connectivity index (χ2v) is 6.58. The summed E-state index contributed by atoms with van der Waals surface area (Å²) in [5, 5.41) is 9.32. The molecule has 6 atom stereocenters. The molecule has 3 aliphatic carbocycles. The first-order chi connectivity index (χ1) is 7.58. The predicted molar refractivity (Wildman–Crippen MR) is 55.9 cm³/mol. The van der Waals surface area contributed by atoms with Crippen molar-refractivity contribution in [1.29, 1.82) is 0 Å².